The Hall–Kier alpha value is -3.09. The third kappa shape index (κ3) is 3.86. The van der Waals surface area contributed by atoms with E-state index < -0.39 is 17.1 Å². The number of phenols is 1. The van der Waals surface area contributed by atoms with Crippen LogP contribution >= 0.6 is 0 Å². The SMILES string of the molecule is C=CCN1CC[C@]23c4c5ccc(O)c4OC2C(N(CC(C)C)C(=O)/C=C/c2cccc(C)c2)CC[C@@]3(O)[C@H]1C5. The van der Waals surface area contributed by atoms with Crippen molar-refractivity contribution in [2.75, 3.05) is 19.6 Å². The van der Waals surface area contributed by atoms with Gasteiger partial charge in [0.2, 0.25) is 5.91 Å². The highest BCUT2D eigenvalue weighted by Gasteiger charge is 2.73. The van der Waals surface area contributed by atoms with E-state index in [1.165, 1.54) is 0 Å². The number of aromatic hydroxyl groups is 1. The third-order valence-electron chi connectivity index (χ3n) is 9.61. The minimum absolute atomic E-state index is 0.0440. The fourth-order valence-electron chi connectivity index (χ4n) is 8.13. The number of piperidine rings is 1. The van der Waals surface area contributed by atoms with Crippen LogP contribution in [0.1, 0.15) is 55.4 Å². The molecule has 5 atom stereocenters. The normalized spacial score (nSPS) is 30.7. The first-order valence-electron chi connectivity index (χ1n) is 14.3. The zero-order valence-electron chi connectivity index (χ0n) is 23.3. The molecule has 0 radical (unpaired) electrons. The lowest BCUT2D eigenvalue weighted by Crippen LogP contribution is -2.78. The molecule has 2 unspecified atom stereocenters. The summed E-state index contributed by atoms with van der Waals surface area (Å²) in [6.07, 6.45) is 7.69. The summed E-state index contributed by atoms with van der Waals surface area (Å²) in [7, 11) is 0. The number of carbonyl (C=O) groups is 1. The van der Waals surface area contributed by atoms with Crippen LogP contribution in [0.5, 0.6) is 11.5 Å². The summed E-state index contributed by atoms with van der Waals surface area (Å²) in [6, 6.07) is 11.6. The summed E-state index contributed by atoms with van der Waals surface area (Å²) < 4.78 is 6.71. The third-order valence-corrected chi connectivity index (χ3v) is 9.61. The van der Waals surface area contributed by atoms with Gasteiger partial charge in [0.05, 0.1) is 17.1 Å². The van der Waals surface area contributed by atoms with Gasteiger partial charge < -0.3 is 19.8 Å². The Kier molecular flexibility index (Phi) is 6.39. The van der Waals surface area contributed by atoms with Gasteiger partial charge in [0, 0.05) is 30.8 Å². The van der Waals surface area contributed by atoms with Crippen molar-refractivity contribution in [3.8, 4) is 11.5 Å². The lowest BCUT2D eigenvalue weighted by atomic mass is 9.48. The van der Waals surface area contributed by atoms with Crippen molar-refractivity contribution in [2.24, 2.45) is 5.92 Å². The maximum absolute atomic E-state index is 13.9. The van der Waals surface area contributed by atoms with E-state index in [-0.39, 0.29) is 29.7 Å². The Morgan fingerprint density at radius 3 is 2.85 bits per heavy atom. The van der Waals surface area contributed by atoms with Crippen LogP contribution in [-0.2, 0) is 16.6 Å². The molecule has 6 nitrogen and oxygen atoms in total. The molecule has 6 rings (SSSR count). The van der Waals surface area contributed by atoms with Crippen LogP contribution in [0.4, 0.5) is 0 Å². The highest BCUT2D eigenvalue weighted by Crippen LogP contribution is 2.65. The molecule has 1 saturated carbocycles. The van der Waals surface area contributed by atoms with Gasteiger partial charge in [-0.2, -0.15) is 0 Å². The molecule has 2 aromatic carbocycles. The fourth-order valence-corrected chi connectivity index (χ4v) is 8.13. The second-order valence-corrected chi connectivity index (χ2v) is 12.4. The Morgan fingerprint density at radius 2 is 2.10 bits per heavy atom. The van der Waals surface area contributed by atoms with Gasteiger partial charge in [-0.15, -0.1) is 6.58 Å². The Labute approximate surface area is 231 Å². The maximum atomic E-state index is 13.9. The number of phenolic OH excluding ortho intramolecular Hbond substituents is 1. The highest BCUT2D eigenvalue weighted by atomic mass is 16.5. The molecule has 4 aliphatic rings. The van der Waals surface area contributed by atoms with Gasteiger partial charge in [0.15, 0.2) is 11.5 Å². The topological polar surface area (TPSA) is 73.2 Å². The average Bonchev–Trinajstić information content (AvgIpc) is 3.25. The summed E-state index contributed by atoms with van der Waals surface area (Å²) in [5, 5.41) is 23.6. The lowest BCUT2D eigenvalue weighted by Gasteiger charge is -2.64. The van der Waals surface area contributed by atoms with Gasteiger partial charge in [-0.25, -0.2) is 0 Å². The van der Waals surface area contributed by atoms with E-state index in [4.69, 9.17) is 4.74 Å². The number of benzene rings is 2. The van der Waals surface area contributed by atoms with Crippen LogP contribution in [0.3, 0.4) is 0 Å². The largest absolute Gasteiger partial charge is 0.504 e. The van der Waals surface area contributed by atoms with E-state index in [1.807, 2.05) is 48.2 Å². The first-order valence-corrected chi connectivity index (χ1v) is 14.3. The molecule has 2 heterocycles. The molecule has 206 valence electrons. The number of aliphatic hydroxyl groups is 1. The molecule has 1 saturated heterocycles. The molecule has 2 aliphatic heterocycles. The maximum Gasteiger partial charge on any atom is 0.246 e. The second-order valence-electron chi connectivity index (χ2n) is 12.4. The standard InChI is InChI=1S/C33H40N2O4/c1-5-16-34-17-15-32-29-24-10-11-26(36)30(29)39-31(32)25(13-14-33(32,38)27(34)19-24)35(20-21(2)3)28(37)12-9-23-8-6-7-22(4)18-23/h5-12,18,21,25,27,31,36,38H,1,13-17,19-20H2,2-4H3/b12-9+/t25?,27-,31?,32+,33-/m1/s1. The molecule has 0 aromatic heterocycles. The number of rotatable bonds is 7. The van der Waals surface area contributed by atoms with Gasteiger partial charge in [-0.05, 0) is 68.3 Å². The predicted molar refractivity (Wildman–Crippen MR) is 153 cm³/mol. The molecular weight excluding hydrogens is 488 g/mol. The van der Waals surface area contributed by atoms with Crippen molar-refractivity contribution in [2.45, 2.75) is 75.7 Å². The zero-order valence-corrected chi connectivity index (χ0v) is 23.3. The van der Waals surface area contributed by atoms with Crippen LogP contribution in [-0.4, -0.2) is 69.3 Å². The number of aryl methyl sites for hydroxylation is 1. The van der Waals surface area contributed by atoms with Gasteiger partial charge in [-0.3, -0.25) is 9.69 Å². The van der Waals surface area contributed by atoms with E-state index in [0.29, 0.717) is 38.0 Å². The number of likely N-dealkylation sites (tertiary alicyclic amines) is 1. The van der Waals surface area contributed by atoms with E-state index in [1.54, 1.807) is 12.1 Å². The van der Waals surface area contributed by atoms with E-state index in [2.05, 4.69) is 31.4 Å². The monoisotopic (exact) mass is 528 g/mol. The van der Waals surface area contributed by atoms with Crippen LogP contribution < -0.4 is 4.74 Å². The quantitative estimate of drug-likeness (QED) is 0.406. The molecular formula is C33H40N2O4. The number of hydrogen-bond acceptors (Lipinski definition) is 5. The second kappa shape index (κ2) is 9.53. The van der Waals surface area contributed by atoms with Crippen molar-refractivity contribution < 1.29 is 19.7 Å². The zero-order chi connectivity index (χ0) is 27.5. The molecule has 1 amide bonds. The summed E-state index contributed by atoms with van der Waals surface area (Å²) in [5.74, 6) is 0.843. The van der Waals surface area contributed by atoms with Crippen LogP contribution in [0, 0.1) is 12.8 Å². The molecule has 39 heavy (non-hydrogen) atoms. The van der Waals surface area contributed by atoms with Gasteiger partial charge in [-0.1, -0.05) is 55.8 Å². The lowest BCUT2D eigenvalue weighted by molar-refractivity contribution is -0.199. The first kappa shape index (κ1) is 26.1. The van der Waals surface area contributed by atoms with Crippen molar-refractivity contribution in [1.29, 1.82) is 0 Å². The predicted octanol–water partition coefficient (Wildman–Crippen LogP) is 4.61. The smallest absolute Gasteiger partial charge is 0.246 e. The van der Waals surface area contributed by atoms with Gasteiger partial charge >= 0.3 is 0 Å². The van der Waals surface area contributed by atoms with Crippen molar-refractivity contribution in [1.82, 2.24) is 9.80 Å². The van der Waals surface area contributed by atoms with E-state index >= 15 is 0 Å². The Balaban J connectivity index is 1.42. The molecule has 2 fully saturated rings. The molecule has 2 N–H and O–H groups in total. The Bertz CT molecular complexity index is 1330. The van der Waals surface area contributed by atoms with Gasteiger partial charge in [0.1, 0.15) is 6.10 Å². The molecule has 2 aromatic rings. The molecule has 2 aliphatic carbocycles. The number of amides is 1. The fraction of sp³-hybridized carbons (Fsp3) is 0.485. The van der Waals surface area contributed by atoms with E-state index in [0.717, 1.165) is 35.3 Å². The molecule has 2 bridgehead atoms. The summed E-state index contributed by atoms with van der Waals surface area (Å²) >= 11 is 0. The minimum Gasteiger partial charge on any atom is -0.504 e. The van der Waals surface area contributed by atoms with Gasteiger partial charge in [0.25, 0.3) is 0 Å². The average molecular weight is 529 g/mol. The highest BCUT2D eigenvalue weighted by molar-refractivity contribution is 5.92. The summed E-state index contributed by atoms with van der Waals surface area (Å²) in [4.78, 5) is 18.2. The van der Waals surface area contributed by atoms with Crippen LogP contribution in [0.15, 0.2) is 55.1 Å². The van der Waals surface area contributed by atoms with Crippen molar-refractivity contribution in [3.63, 3.8) is 0 Å². The van der Waals surface area contributed by atoms with Crippen LogP contribution in [0.25, 0.3) is 6.08 Å². The first-order chi connectivity index (χ1) is 18.7. The minimum atomic E-state index is -1.01. The van der Waals surface area contributed by atoms with Crippen LogP contribution in [0.2, 0.25) is 0 Å². The molecule has 1 spiro atoms. The number of ether oxygens (including phenoxy) is 1. The molecule has 6 heteroatoms. The van der Waals surface area contributed by atoms with E-state index in [9.17, 15) is 15.0 Å². The van der Waals surface area contributed by atoms with Crippen molar-refractivity contribution >= 4 is 12.0 Å². The summed E-state index contributed by atoms with van der Waals surface area (Å²) in [6.45, 7) is 12.4. The Morgan fingerprint density at radius 1 is 1.28 bits per heavy atom. The number of hydrogen-bond donors (Lipinski definition) is 2. The number of carbonyl (C=O) groups excluding carboxylic acids is 1. The number of nitrogens with zero attached hydrogens (tertiary/aromatic N) is 2. The summed E-state index contributed by atoms with van der Waals surface area (Å²) in [5.41, 5.74) is 2.57. The van der Waals surface area contributed by atoms with Crippen molar-refractivity contribution in [3.05, 3.63) is 77.4 Å².